The highest BCUT2D eigenvalue weighted by Gasteiger charge is 2.15. The van der Waals surface area contributed by atoms with E-state index in [9.17, 15) is 9.59 Å². The van der Waals surface area contributed by atoms with Gasteiger partial charge in [0.05, 0.1) is 12.4 Å². The van der Waals surface area contributed by atoms with Crippen LogP contribution in [0.2, 0.25) is 0 Å². The van der Waals surface area contributed by atoms with E-state index in [2.05, 4.69) is 15.3 Å². The lowest BCUT2D eigenvalue weighted by molar-refractivity contribution is -0.113. The first kappa shape index (κ1) is 23.2. The summed E-state index contributed by atoms with van der Waals surface area (Å²) in [6.07, 6.45) is 0. The zero-order valence-corrected chi connectivity index (χ0v) is 20.7. The van der Waals surface area contributed by atoms with Crippen molar-refractivity contribution in [1.29, 1.82) is 0 Å². The Balaban J connectivity index is 1.58. The fourth-order valence-electron chi connectivity index (χ4n) is 3.43. The van der Waals surface area contributed by atoms with E-state index in [-0.39, 0.29) is 17.2 Å². The zero-order valence-electron chi connectivity index (χ0n) is 18.3. The lowest BCUT2D eigenvalue weighted by atomic mass is 10.1. The van der Waals surface area contributed by atoms with E-state index < -0.39 is 0 Å². The fraction of sp³-hybridized carbons (Fsp3) is 0.217. The van der Waals surface area contributed by atoms with Gasteiger partial charge in [-0.3, -0.25) is 14.2 Å². The summed E-state index contributed by atoms with van der Waals surface area (Å²) in [7, 11) is 0. The molecule has 33 heavy (non-hydrogen) atoms. The summed E-state index contributed by atoms with van der Waals surface area (Å²) in [5.74, 6) is 0.681. The minimum Gasteiger partial charge on any atom is -0.494 e. The lowest BCUT2D eigenvalue weighted by Crippen LogP contribution is -2.15. The third-order valence-corrected chi connectivity index (χ3v) is 6.91. The molecule has 10 heteroatoms. The number of amides is 1. The average Bonchev–Trinajstić information content (AvgIpc) is 3.09. The molecule has 0 aliphatic heterocycles. The van der Waals surface area contributed by atoms with Gasteiger partial charge >= 0.3 is 0 Å². The smallest absolute Gasteiger partial charge is 0.271 e. The van der Waals surface area contributed by atoms with Gasteiger partial charge in [0.1, 0.15) is 10.4 Å². The number of thioether (sulfide) groups is 1. The van der Waals surface area contributed by atoms with Crippen molar-refractivity contribution in [3.8, 4) is 11.4 Å². The number of hydrogen-bond acceptors (Lipinski definition) is 7. The van der Waals surface area contributed by atoms with E-state index in [0.717, 1.165) is 28.3 Å². The molecule has 0 aliphatic carbocycles. The minimum absolute atomic E-state index is 0.107. The Labute approximate surface area is 203 Å². The Morgan fingerprint density at radius 1 is 1.21 bits per heavy atom. The van der Waals surface area contributed by atoms with Crippen LogP contribution in [-0.2, 0) is 4.79 Å². The molecular weight excluding hydrogens is 476 g/mol. The summed E-state index contributed by atoms with van der Waals surface area (Å²) in [5, 5.41) is 3.25. The number of hydrogen-bond donors (Lipinski definition) is 2. The molecule has 170 valence electrons. The second-order valence-electron chi connectivity index (χ2n) is 7.37. The number of rotatable bonds is 7. The highest BCUT2D eigenvalue weighted by Crippen LogP contribution is 2.26. The summed E-state index contributed by atoms with van der Waals surface area (Å²) in [6.45, 7) is 6.47. The zero-order chi connectivity index (χ0) is 23.5. The highest BCUT2D eigenvalue weighted by molar-refractivity contribution is 7.99. The van der Waals surface area contributed by atoms with Gasteiger partial charge in [-0.25, -0.2) is 4.98 Å². The number of H-pyrrole nitrogens is 1. The first-order valence-electron chi connectivity index (χ1n) is 10.2. The van der Waals surface area contributed by atoms with Crippen molar-refractivity contribution in [1.82, 2.24) is 14.5 Å². The summed E-state index contributed by atoms with van der Waals surface area (Å²) < 4.78 is 8.22. The maximum absolute atomic E-state index is 12.7. The lowest BCUT2D eigenvalue weighted by Gasteiger charge is -2.08. The van der Waals surface area contributed by atoms with E-state index >= 15 is 0 Å². The van der Waals surface area contributed by atoms with Gasteiger partial charge in [-0.15, -0.1) is 0 Å². The van der Waals surface area contributed by atoms with Crippen molar-refractivity contribution in [3.05, 3.63) is 67.9 Å². The summed E-state index contributed by atoms with van der Waals surface area (Å²) >= 11 is 7.88. The van der Waals surface area contributed by atoms with Crippen LogP contribution in [0.25, 0.3) is 16.0 Å². The number of ether oxygens (including phenoxy) is 1. The average molecular weight is 499 g/mol. The topological polar surface area (TPSA) is 89.0 Å². The SMILES string of the molecule is CCOc1ccc(-n2c(=S)sc3c(=O)[nH]c(SCC(=O)Nc4cc(C)cc(C)c4)nc32)cc1. The van der Waals surface area contributed by atoms with Gasteiger partial charge in [0, 0.05) is 11.4 Å². The number of benzene rings is 2. The van der Waals surface area contributed by atoms with Crippen molar-refractivity contribution in [2.24, 2.45) is 0 Å². The molecule has 2 aromatic carbocycles. The van der Waals surface area contributed by atoms with Crippen LogP contribution in [0, 0.1) is 17.8 Å². The minimum atomic E-state index is -0.280. The standard InChI is InChI=1S/C23H22N4O3S3/c1-4-30-17-7-5-16(6-8-17)27-20-19(33-23(27)31)21(29)26-22(25-20)32-12-18(28)24-15-10-13(2)9-14(3)11-15/h5-11H,4,12H2,1-3H3,(H,24,28)(H,25,26,29). The predicted molar refractivity (Wildman–Crippen MR) is 137 cm³/mol. The number of fused-ring (bicyclic) bond motifs is 1. The molecule has 0 saturated carbocycles. The van der Waals surface area contributed by atoms with Crippen molar-refractivity contribution in [2.75, 3.05) is 17.7 Å². The van der Waals surface area contributed by atoms with Gasteiger partial charge in [0.2, 0.25) is 5.91 Å². The van der Waals surface area contributed by atoms with Crippen LogP contribution in [0.15, 0.2) is 52.4 Å². The molecule has 1 amide bonds. The van der Waals surface area contributed by atoms with Gasteiger partial charge in [0.15, 0.2) is 14.8 Å². The molecule has 0 spiro atoms. The number of nitrogens with zero attached hydrogens (tertiary/aromatic N) is 2. The molecule has 0 atom stereocenters. The Bertz CT molecular complexity index is 1420. The number of carbonyl (C=O) groups excluding carboxylic acids is 1. The number of aryl methyl sites for hydroxylation is 2. The summed E-state index contributed by atoms with van der Waals surface area (Å²) in [6, 6.07) is 13.3. The molecule has 0 fully saturated rings. The second-order valence-corrected chi connectivity index (χ2v) is 9.98. The van der Waals surface area contributed by atoms with E-state index in [1.54, 1.807) is 4.57 Å². The van der Waals surface area contributed by atoms with Gasteiger partial charge in [-0.2, -0.15) is 0 Å². The fourth-order valence-corrected chi connectivity index (χ4v) is 5.35. The monoisotopic (exact) mass is 498 g/mol. The van der Waals surface area contributed by atoms with Crippen molar-refractivity contribution >= 4 is 57.3 Å². The van der Waals surface area contributed by atoms with Crippen molar-refractivity contribution in [3.63, 3.8) is 0 Å². The number of carbonyl (C=O) groups is 1. The number of nitrogens with one attached hydrogen (secondary N) is 2. The quantitative estimate of drug-likeness (QED) is 0.206. The van der Waals surface area contributed by atoms with E-state index in [1.807, 2.05) is 63.2 Å². The molecule has 4 rings (SSSR count). The van der Waals surface area contributed by atoms with E-state index in [4.69, 9.17) is 17.0 Å². The van der Waals surface area contributed by atoms with Gasteiger partial charge in [0.25, 0.3) is 5.56 Å². The number of aromatic amines is 1. The Kier molecular flexibility index (Phi) is 6.96. The van der Waals surface area contributed by atoms with Gasteiger partial charge in [-0.1, -0.05) is 29.2 Å². The highest BCUT2D eigenvalue weighted by atomic mass is 32.2. The summed E-state index contributed by atoms with van der Waals surface area (Å²) in [4.78, 5) is 32.5. The molecule has 7 nitrogen and oxygen atoms in total. The van der Waals surface area contributed by atoms with E-state index in [0.29, 0.717) is 26.1 Å². The van der Waals surface area contributed by atoms with E-state index in [1.165, 1.54) is 23.1 Å². The Morgan fingerprint density at radius 3 is 2.58 bits per heavy atom. The van der Waals surface area contributed by atoms with Crippen molar-refractivity contribution in [2.45, 2.75) is 25.9 Å². The number of thiazole rings is 1. The van der Waals surface area contributed by atoms with Crippen LogP contribution in [0.4, 0.5) is 5.69 Å². The molecule has 0 bridgehead atoms. The first-order valence-corrected chi connectivity index (χ1v) is 12.4. The Morgan fingerprint density at radius 2 is 1.91 bits per heavy atom. The molecule has 4 aromatic rings. The number of anilines is 1. The third kappa shape index (κ3) is 5.35. The second kappa shape index (κ2) is 9.90. The van der Waals surface area contributed by atoms with Gasteiger partial charge < -0.3 is 15.0 Å². The molecular formula is C23H22N4O3S3. The van der Waals surface area contributed by atoms with Crippen LogP contribution in [0.5, 0.6) is 5.75 Å². The largest absolute Gasteiger partial charge is 0.494 e. The van der Waals surface area contributed by atoms with Crippen LogP contribution in [0.3, 0.4) is 0 Å². The normalized spacial score (nSPS) is 11.0. The summed E-state index contributed by atoms with van der Waals surface area (Å²) in [5.41, 5.74) is 3.87. The number of aromatic nitrogens is 3. The van der Waals surface area contributed by atoms with Gasteiger partial charge in [-0.05, 0) is 80.5 Å². The van der Waals surface area contributed by atoms with Crippen LogP contribution in [-0.4, -0.2) is 32.8 Å². The third-order valence-electron chi connectivity index (χ3n) is 4.67. The molecule has 0 aliphatic rings. The maximum Gasteiger partial charge on any atom is 0.271 e. The maximum atomic E-state index is 12.7. The van der Waals surface area contributed by atoms with Crippen LogP contribution in [0.1, 0.15) is 18.1 Å². The first-order chi connectivity index (χ1) is 15.8. The molecule has 2 aromatic heterocycles. The molecule has 2 heterocycles. The molecule has 0 radical (unpaired) electrons. The van der Waals surface area contributed by atoms with Crippen LogP contribution < -0.4 is 15.6 Å². The van der Waals surface area contributed by atoms with Crippen molar-refractivity contribution < 1.29 is 9.53 Å². The Hall–Kier alpha value is -2.95. The predicted octanol–water partition coefficient (Wildman–Crippen LogP) is 5.25. The van der Waals surface area contributed by atoms with Crippen LogP contribution >= 0.6 is 35.3 Å². The molecule has 0 saturated heterocycles. The molecule has 2 N–H and O–H groups in total. The molecule has 0 unspecified atom stereocenters.